The molecule has 0 unspecified atom stereocenters. The number of aromatic nitrogens is 3. The van der Waals surface area contributed by atoms with Crippen LogP contribution in [-0.4, -0.2) is 20.9 Å². The molecule has 0 atom stereocenters. The van der Waals surface area contributed by atoms with Crippen LogP contribution in [0.25, 0.3) is 0 Å². The van der Waals surface area contributed by atoms with E-state index in [1.165, 1.54) is 0 Å². The van der Waals surface area contributed by atoms with Crippen molar-refractivity contribution in [3.8, 4) is 6.07 Å². The van der Waals surface area contributed by atoms with E-state index >= 15 is 0 Å². The van der Waals surface area contributed by atoms with Gasteiger partial charge in [-0.1, -0.05) is 12.1 Å². The molecule has 26 heavy (non-hydrogen) atoms. The Bertz CT molecular complexity index is 965. The Morgan fingerprint density at radius 3 is 2.69 bits per heavy atom. The molecule has 0 aliphatic heterocycles. The lowest BCUT2D eigenvalue weighted by Crippen LogP contribution is -2.16. The van der Waals surface area contributed by atoms with Gasteiger partial charge in [0.15, 0.2) is 0 Å². The first-order chi connectivity index (χ1) is 12.7. The highest BCUT2D eigenvalue weighted by Gasteiger charge is 2.12. The minimum absolute atomic E-state index is 0.225. The number of pyridine rings is 1. The Kier molecular flexibility index (Phi) is 5.15. The summed E-state index contributed by atoms with van der Waals surface area (Å²) >= 11 is 0. The number of hydrogen-bond donors (Lipinski definition) is 2. The van der Waals surface area contributed by atoms with Crippen molar-refractivity contribution < 1.29 is 4.79 Å². The molecule has 1 amide bonds. The second-order valence-electron chi connectivity index (χ2n) is 5.51. The number of carbonyl (C=O) groups is 1. The zero-order valence-electron chi connectivity index (χ0n) is 14.1. The second-order valence-corrected chi connectivity index (χ2v) is 5.51. The van der Waals surface area contributed by atoms with E-state index in [2.05, 4.69) is 25.6 Å². The number of rotatable bonds is 5. The van der Waals surface area contributed by atoms with Crippen molar-refractivity contribution in [2.24, 2.45) is 0 Å². The molecule has 0 fully saturated rings. The van der Waals surface area contributed by atoms with Crippen molar-refractivity contribution in [2.75, 3.05) is 10.6 Å². The molecule has 0 saturated carbocycles. The first-order valence-electron chi connectivity index (χ1n) is 7.94. The van der Waals surface area contributed by atoms with E-state index in [9.17, 15) is 4.79 Å². The third-order valence-electron chi connectivity index (χ3n) is 3.59. The molecule has 2 aromatic heterocycles. The lowest BCUT2D eigenvalue weighted by atomic mass is 10.2. The van der Waals surface area contributed by atoms with Gasteiger partial charge in [0, 0.05) is 25.0 Å². The van der Waals surface area contributed by atoms with Crippen molar-refractivity contribution in [3.63, 3.8) is 0 Å². The summed E-state index contributed by atoms with van der Waals surface area (Å²) in [7, 11) is 0. The monoisotopic (exact) mass is 344 g/mol. The van der Waals surface area contributed by atoms with Gasteiger partial charge in [0.2, 0.25) is 0 Å². The molecule has 2 N–H and O–H groups in total. The van der Waals surface area contributed by atoms with Gasteiger partial charge in [-0.25, -0.2) is 9.97 Å². The standard InChI is InChI=1S/C19H16N6O/c1-13-23-17(19(26)25-16-5-3-2-4-15(16)11-20)10-18(24-13)22-12-14-6-8-21-9-7-14/h2-10H,12H2,1H3,(H,25,26)(H,22,23,24). The van der Waals surface area contributed by atoms with Crippen LogP contribution < -0.4 is 10.6 Å². The zero-order chi connectivity index (χ0) is 18.4. The summed E-state index contributed by atoms with van der Waals surface area (Å²) in [6.07, 6.45) is 3.43. The van der Waals surface area contributed by atoms with E-state index in [0.29, 0.717) is 29.4 Å². The van der Waals surface area contributed by atoms with Gasteiger partial charge < -0.3 is 10.6 Å². The normalized spacial score (nSPS) is 10.0. The fraction of sp³-hybridized carbons (Fsp3) is 0.105. The van der Waals surface area contributed by atoms with Crippen molar-refractivity contribution in [2.45, 2.75) is 13.5 Å². The van der Waals surface area contributed by atoms with Crippen LogP contribution in [0.3, 0.4) is 0 Å². The molecule has 0 saturated heterocycles. The average Bonchev–Trinajstić information content (AvgIpc) is 2.67. The van der Waals surface area contributed by atoms with E-state index in [-0.39, 0.29) is 5.69 Å². The Hall–Kier alpha value is -3.79. The van der Waals surface area contributed by atoms with Gasteiger partial charge in [-0.3, -0.25) is 9.78 Å². The van der Waals surface area contributed by atoms with E-state index in [4.69, 9.17) is 5.26 Å². The van der Waals surface area contributed by atoms with E-state index in [1.54, 1.807) is 49.6 Å². The number of para-hydroxylation sites is 1. The van der Waals surface area contributed by atoms with Crippen LogP contribution in [0, 0.1) is 18.3 Å². The molecular formula is C19H16N6O. The molecule has 0 aliphatic rings. The first kappa shape index (κ1) is 17.0. The molecule has 7 nitrogen and oxygen atoms in total. The van der Waals surface area contributed by atoms with Gasteiger partial charge in [0.1, 0.15) is 23.4 Å². The summed E-state index contributed by atoms with van der Waals surface area (Å²) in [6.45, 7) is 2.27. The molecule has 0 bridgehead atoms. The number of nitrogens with zero attached hydrogens (tertiary/aromatic N) is 4. The smallest absolute Gasteiger partial charge is 0.274 e. The lowest BCUT2D eigenvalue weighted by molar-refractivity contribution is 0.102. The largest absolute Gasteiger partial charge is 0.366 e. The summed E-state index contributed by atoms with van der Waals surface area (Å²) < 4.78 is 0. The van der Waals surface area contributed by atoms with Crippen LogP contribution in [0.5, 0.6) is 0 Å². The van der Waals surface area contributed by atoms with Gasteiger partial charge in [0.25, 0.3) is 5.91 Å². The van der Waals surface area contributed by atoms with Crippen LogP contribution >= 0.6 is 0 Å². The maximum absolute atomic E-state index is 12.5. The predicted molar refractivity (Wildman–Crippen MR) is 97.4 cm³/mol. The Morgan fingerprint density at radius 2 is 1.92 bits per heavy atom. The maximum atomic E-state index is 12.5. The zero-order valence-corrected chi connectivity index (χ0v) is 14.1. The van der Waals surface area contributed by atoms with Crippen LogP contribution in [0.15, 0.2) is 54.9 Å². The number of nitriles is 1. The molecule has 3 rings (SSSR count). The van der Waals surface area contributed by atoms with Gasteiger partial charge in [-0.05, 0) is 36.8 Å². The molecule has 3 aromatic rings. The number of carbonyl (C=O) groups excluding carboxylic acids is 1. The van der Waals surface area contributed by atoms with Crippen molar-refractivity contribution in [1.29, 1.82) is 5.26 Å². The second kappa shape index (κ2) is 7.85. The average molecular weight is 344 g/mol. The summed E-state index contributed by atoms with van der Waals surface area (Å²) in [6, 6.07) is 14.2. The predicted octanol–water partition coefficient (Wildman–Crippen LogP) is 2.92. The fourth-order valence-electron chi connectivity index (χ4n) is 2.34. The molecule has 2 heterocycles. The number of anilines is 2. The van der Waals surface area contributed by atoms with E-state index in [1.807, 2.05) is 18.2 Å². The Morgan fingerprint density at radius 1 is 1.15 bits per heavy atom. The SMILES string of the molecule is Cc1nc(NCc2ccncc2)cc(C(=O)Nc2ccccc2C#N)n1. The topological polar surface area (TPSA) is 104 Å². The van der Waals surface area contributed by atoms with Crippen LogP contribution in [0.1, 0.15) is 27.4 Å². The van der Waals surface area contributed by atoms with E-state index < -0.39 is 5.91 Å². The number of hydrogen-bond acceptors (Lipinski definition) is 6. The van der Waals surface area contributed by atoms with Crippen molar-refractivity contribution in [3.05, 3.63) is 77.5 Å². The quantitative estimate of drug-likeness (QED) is 0.737. The van der Waals surface area contributed by atoms with Crippen molar-refractivity contribution >= 4 is 17.4 Å². The summed E-state index contributed by atoms with van der Waals surface area (Å²) in [5, 5.41) is 15.0. The molecule has 7 heteroatoms. The fourth-order valence-corrected chi connectivity index (χ4v) is 2.34. The number of benzene rings is 1. The first-order valence-corrected chi connectivity index (χ1v) is 7.94. The summed E-state index contributed by atoms with van der Waals surface area (Å²) in [5.41, 5.74) is 2.11. The van der Waals surface area contributed by atoms with Gasteiger partial charge >= 0.3 is 0 Å². The van der Waals surface area contributed by atoms with Gasteiger partial charge in [0.05, 0.1) is 11.3 Å². The summed E-state index contributed by atoms with van der Waals surface area (Å²) in [4.78, 5) is 25.0. The molecular weight excluding hydrogens is 328 g/mol. The highest BCUT2D eigenvalue weighted by atomic mass is 16.1. The molecule has 0 spiro atoms. The van der Waals surface area contributed by atoms with Gasteiger partial charge in [-0.15, -0.1) is 0 Å². The summed E-state index contributed by atoms with van der Waals surface area (Å²) in [5.74, 6) is 0.627. The molecule has 128 valence electrons. The molecule has 0 aliphatic carbocycles. The van der Waals surface area contributed by atoms with Crippen molar-refractivity contribution in [1.82, 2.24) is 15.0 Å². The number of nitrogens with one attached hydrogen (secondary N) is 2. The maximum Gasteiger partial charge on any atom is 0.274 e. The van der Waals surface area contributed by atoms with Crippen LogP contribution in [0.4, 0.5) is 11.5 Å². The van der Waals surface area contributed by atoms with Gasteiger partial charge in [-0.2, -0.15) is 5.26 Å². The lowest BCUT2D eigenvalue weighted by Gasteiger charge is -2.10. The number of amides is 1. The van der Waals surface area contributed by atoms with E-state index in [0.717, 1.165) is 5.56 Å². The number of aryl methyl sites for hydroxylation is 1. The minimum Gasteiger partial charge on any atom is -0.366 e. The van der Waals surface area contributed by atoms with Crippen LogP contribution in [-0.2, 0) is 6.54 Å². The Balaban J connectivity index is 1.76. The third-order valence-corrected chi connectivity index (χ3v) is 3.59. The van der Waals surface area contributed by atoms with Crippen LogP contribution in [0.2, 0.25) is 0 Å². The molecule has 1 aromatic carbocycles. The minimum atomic E-state index is -0.398. The highest BCUT2D eigenvalue weighted by molar-refractivity contribution is 6.03. The third kappa shape index (κ3) is 4.19. The molecule has 0 radical (unpaired) electrons. The highest BCUT2D eigenvalue weighted by Crippen LogP contribution is 2.16. The Labute approximate surface area is 150 Å².